The van der Waals surface area contributed by atoms with Crippen LogP contribution >= 0.6 is 69.2 Å². The highest BCUT2D eigenvalue weighted by Crippen LogP contribution is 2.35. The van der Waals surface area contributed by atoms with Gasteiger partial charge in [0.25, 0.3) is 5.91 Å². The largest absolute Gasteiger partial charge is 0.487 e. The van der Waals surface area contributed by atoms with Gasteiger partial charge in [0, 0.05) is 6.61 Å². The van der Waals surface area contributed by atoms with Gasteiger partial charge in [0.2, 0.25) is 0 Å². The molecule has 8 heteroatoms. The fourth-order valence-corrected chi connectivity index (χ4v) is 6.15. The maximum Gasteiger partial charge on any atom is 0.266 e. The molecule has 138 valence electrons. The van der Waals surface area contributed by atoms with Crippen LogP contribution in [0.15, 0.2) is 29.7 Å². The van der Waals surface area contributed by atoms with Gasteiger partial charge in [0.05, 0.1) is 24.7 Å². The number of carbonyl (C=O) groups is 1. The fourth-order valence-electron chi connectivity index (χ4n) is 2.74. The summed E-state index contributed by atoms with van der Waals surface area (Å²) in [7, 11) is 0. The Labute approximate surface area is 190 Å². The number of halogens is 2. The van der Waals surface area contributed by atoms with E-state index in [9.17, 15) is 4.79 Å². The maximum atomic E-state index is 12.7. The van der Waals surface area contributed by atoms with Crippen molar-refractivity contribution < 1.29 is 14.3 Å². The molecular weight excluding hydrogens is 596 g/mol. The molecule has 1 aromatic rings. The Morgan fingerprint density at radius 1 is 1.42 bits per heavy atom. The van der Waals surface area contributed by atoms with E-state index in [2.05, 4.69) is 51.8 Å². The zero-order chi connectivity index (χ0) is 18.7. The normalized spacial score (nSPS) is 21.7. The van der Waals surface area contributed by atoms with Crippen molar-refractivity contribution in [1.29, 1.82) is 0 Å². The van der Waals surface area contributed by atoms with Crippen molar-refractivity contribution in [3.63, 3.8) is 0 Å². The van der Waals surface area contributed by atoms with Crippen LogP contribution in [0, 0.1) is 7.14 Å². The number of amides is 1. The summed E-state index contributed by atoms with van der Waals surface area (Å²) in [6.45, 7) is 5.46. The smallest absolute Gasteiger partial charge is 0.266 e. The van der Waals surface area contributed by atoms with E-state index in [1.807, 2.05) is 18.2 Å². The van der Waals surface area contributed by atoms with Crippen molar-refractivity contribution in [1.82, 2.24) is 4.90 Å². The molecule has 2 aliphatic rings. The molecule has 2 heterocycles. The van der Waals surface area contributed by atoms with Gasteiger partial charge in [-0.2, -0.15) is 0 Å². The van der Waals surface area contributed by atoms with E-state index in [0.29, 0.717) is 22.4 Å². The van der Waals surface area contributed by atoms with Crippen LogP contribution in [0.4, 0.5) is 0 Å². The Morgan fingerprint density at radius 3 is 2.77 bits per heavy atom. The lowest BCUT2D eigenvalue weighted by molar-refractivity contribution is -0.123. The molecule has 4 nitrogen and oxygen atoms in total. The lowest BCUT2D eigenvalue weighted by Crippen LogP contribution is -2.35. The molecule has 0 spiro atoms. The molecule has 2 fully saturated rings. The number of thioether (sulfide) groups is 1. The molecule has 26 heavy (non-hydrogen) atoms. The summed E-state index contributed by atoms with van der Waals surface area (Å²) in [5.74, 6) is 0.807. The van der Waals surface area contributed by atoms with Crippen LogP contribution in [0.3, 0.4) is 0 Å². The molecule has 2 saturated heterocycles. The number of nitrogens with zero attached hydrogens (tertiary/aromatic N) is 1. The number of thiocarbonyl (C=S) groups is 1. The van der Waals surface area contributed by atoms with Gasteiger partial charge in [-0.25, -0.2) is 0 Å². The molecule has 0 radical (unpaired) electrons. The summed E-state index contributed by atoms with van der Waals surface area (Å²) in [6, 6.07) is 4.02. The van der Waals surface area contributed by atoms with Crippen molar-refractivity contribution in [2.24, 2.45) is 0 Å². The van der Waals surface area contributed by atoms with E-state index in [-0.39, 0.29) is 12.0 Å². The van der Waals surface area contributed by atoms with Crippen molar-refractivity contribution >= 4 is 85.5 Å². The van der Waals surface area contributed by atoms with Crippen molar-refractivity contribution in [2.45, 2.75) is 18.9 Å². The Bertz CT molecular complexity index is 753. The summed E-state index contributed by atoms with van der Waals surface area (Å²) in [5.41, 5.74) is 0.961. The van der Waals surface area contributed by atoms with Gasteiger partial charge < -0.3 is 9.47 Å². The van der Waals surface area contributed by atoms with Crippen molar-refractivity contribution in [2.75, 3.05) is 19.8 Å². The summed E-state index contributed by atoms with van der Waals surface area (Å²) in [5, 5.41) is 0. The molecule has 0 aliphatic carbocycles. The average Bonchev–Trinajstić information content (AvgIpc) is 3.19. The quantitative estimate of drug-likeness (QED) is 0.199. The summed E-state index contributed by atoms with van der Waals surface area (Å²) >= 11 is 11.3. The highest BCUT2D eigenvalue weighted by molar-refractivity contribution is 14.1. The van der Waals surface area contributed by atoms with Crippen LogP contribution in [0.2, 0.25) is 0 Å². The Balaban J connectivity index is 1.78. The zero-order valence-corrected chi connectivity index (χ0v) is 19.8. The minimum atomic E-state index is -0.0347. The van der Waals surface area contributed by atoms with Crippen LogP contribution in [0.25, 0.3) is 6.08 Å². The van der Waals surface area contributed by atoms with Crippen molar-refractivity contribution in [3.8, 4) is 5.75 Å². The van der Waals surface area contributed by atoms with Crippen molar-refractivity contribution in [3.05, 3.63) is 42.4 Å². The highest BCUT2D eigenvalue weighted by atomic mass is 127. The third-order valence-electron chi connectivity index (χ3n) is 3.95. The first-order chi connectivity index (χ1) is 12.5. The van der Waals surface area contributed by atoms with Crippen LogP contribution in [0.1, 0.15) is 18.4 Å². The Morgan fingerprint density at radius 2 is 2.15 bits per heavy atom. The first-order valence-corrected chi connectivity index (χ1v) is 11.5. The van der Waals surface area contributed by atoms with Gasteiger partial charge in [-0.05, 0) is 81.8 Å². The van der Waals surface area contributed by atoms with Gasteiger partial charge >= 0.3 is 0 Å². The van der Waals surface area contributed by atoms with E-state index in [1.165, 1.54) is 11.8 Å². The van der Waals surface area contributed by atoms with E-state index < -0.39 is 0 Å². The molecule has 0 unspecified atom stereocenters. The number of hydrogen-bond donors (Lipinski definition) is 0. The molecule has 1 atom stereocenters. The topological polar surface area (TPSA) is 38.8 Å². The number of ether oxygens (including phenoxy) is 2. The molecule has 0 aromatic heterocycles. The molecule has 0 N–H and O–H groups in total. The minimum absolute atomic E-state index is 0.0347. The molecule has 1 aromatic carbocycles. The fraction of sp³-hybridized carbons (Fsp3) is 0.333. The monoisotopic (exact) mass is 613 g/mol. The molecule has 1 amide bonds. The van der Waals surface area contributed by atoms with Crippen LogP contribution in [-0.2, 0) is 9.53 Å². The van der Waals surface area contributed by atoms with E-state index in [1.54, 1.807) is 11.0 Å². The SMILES string of the molecule is C=CCOc1c(I)cc(/C=C2\SC(=S)N(C[C@@H]3CCCO3)C2=O)cc1I. The van der Waals surface area contributed by atoms with Gasteiger partial charge in [0.1, 0.15) is 16.7 Å². The molecule has 3 rings (SSSR count). The summed E-state index contributed by atoms with van der Waals surface area (Å²) in [6.07, 6.45) is 5.75. The Kier molecular flexibility index (Phi) is 7.40. The first-order valence-electron chi connectivity index (χ1n) is 8.09. The van der Waals surface area contributed by atoms with Crippen LogP contribution in [0.5, 0.6) is 5.75 Å². The highest BCUT2D eigenvalue weighted by Gasteiger charge is 2.34. The van der Waals surface area contributed by atoms with Crippen LogP contribution < -0.4 is 4.74 Å². The predicted molar refractivity (Wildman–Crippen MR) is 126 cm³/mol. The van der Waals surface area contributed by atoms with Gasteiger partial charge in [-0.3, -0.25) is 9.69 Å². The van der Waals surface area contributed by atoms with E-state index in [4.69, 9.17) is 21.7 Å². The third kappa shape index (κ3) is 4.81. The summed E-state index contributed by atoms with van der Waals surface area (Å²) < 4.78 is 13.9. The average molecular weight is 613 g/mol. The number of benzene rings is 1. The second-order valence-corrected chi connectivity index (χ2v) is 9.84. The molecular formula is C18H17I2NO3S2. The first kappa shape index (κ1) is 20.6. The lowest BCUT2D eigenvalue weighted by Gasteiger charge is -2.18. The number of hydrogen-bond acceptors (Lipinski definition) is 5. The molecule has 0 bridgehead atoms. The van der Waals surface area contributed by atoms with Gasteiger partial charge in [0.15, 0.2) is 0 Å². The lowest BCUT2D eigenvalue weighted by atomic mass is 10.2. The minimum Gasteiger partial charge on any atom is -0.487 e. The number of carbonyl (C=O) groups excluding carboxylic acids is 1. The second-order valence-electron chi connectivity index (χ2n) is 5.84. The van der Waals surface area contributed by atoms with Crippen LogP contribution in [-0.4, -0.2) is 41.0 Å². The van der Waals surface area contributed by atoms with Gasteiger partial charge in [-0.1, -0.05) is 36.6 Å². The molecule has 0 saturated carbocycles. The van der Waals surface area contributed by atoms with Gasteiger partial charge in [-0.15, -0.1) is 0 Å². The third-order valence-corrected chi connectivity index (χ3v) is 6.93. The Hall–Kier alpha value is -0.170. The molecule has 2 aliphatic heterocycles. The van der Waals surface area contributed by atoms with E-state index in [0.717, 1.165) is 37.9 Å². The zero-order valence-electron chi connectivity index (χ0n) is 13.9. The maximum absolute atomic E-state index is 12.7. The predicted octanol–water partition coefficient (Wildman–Crippen LogP) is 4.84. The van der Waals surface area contributed by atoms with E-state index >= 15 is 0 Å². The standard InChI is InChI=1S/C18H17I2NO3S2/c1-2-5-24-16-13(19)7-11(8-14(16)20)9-15-17(22)21(18(25)26-15)10-12-4-3-6-23-12/h2,7-9,12H,1,3-6,10H2/b15-9-/t12-/m0/s1. The second kappa shape index (κ2) is 9.35. The number of rotatable bonds is 6. The summed E-state index contributed by atoms with van der Waals surface area (Å²) in [4.78, 5) is 15.1.